The number of halogens is 2. The molecular weight excluding hydrogens is 580 g/mol. The summed E-state index contributed by atoms with van der Waals surface area (Å²) in [7, 11) is 0. The van der Waals surface area contributed by atoms with Crippen molar-refractivity contribution in [2.75, 3.05) is 10.7 Å². The second-order valence-corrected chi connectivity index (χ2v) is 12.1. The minimum atomic E-state index is -0.222. The molecule has 2 aliphatic rings. The average Bonchev–Trinajstić information content (AvgIpc) is 3.54. The number of carbonyl (C=O) groups is 1. The Morgan fingerprint density at radius 3 is 1.28 bits per heavy atom. The van der Waals surface area contributed by atoms with Crippen LogP contribution in [0.15, 0.2) is 24.3 Å². The van der Waals surface area contributed by atoms with Crippen LogP contribution in [0.2, 0.25) is 0 Å². The maximum Gasteiger partial charge on any atom is 0.149 e. The number of alkyl halides is 2. The molecule has 0 bridgehead atoms. The molecule has 5 heteroatoms. The van der Waals surface area contributed by atoms with Gasteiger partial charge in [-0.2, -0.15) is 0 Å². The van der Waals surface area contributed by atoms with Crippen molar-refractivity contribution in [1.82, 2.24) is 0 Å². The van der Waals surface area contributed by atoms with Gasteiger partial charge in [-0.05, 0) is 112 Å². The van der Waals surface area contributed by atoms with Gasteiger partial charge in [-0.25, -0.2) is 0 Å². The van der Waals surface area contributed by atoms with Crippen LogP contribution in [0.1, 0.15) is 96.6 Å². The number of carbonyl (C=O) groups excluding carboxylic acids is 1. The lowest BCUT2D eigenvalue weighted by Crippen LogP contribution is -2.24. The first kappa shape index (κ1) is 27.7. The van der Waals surface area contributed by atoms with Crippen LogP contribution in [-0.2, 0) is 4.79 Å². The number of hydrogen-bond acceptors (Lipinski definition) is 3. The molecule has 4 rings (SSSR count). The number of hydrogen-bond donors (Lipinski definition) is 0. The molecule has 2 fully saturated rings. The third-order valence-electron chi connectivity index (χ3n) is 7.94. The van der Waals surface area contributed by atoms with Crippen LogP contribution in [0.5, 0.6) is 11.5 Å². The van der Waals surface area contributed by atoms with Gasteiger partial charge < -0.3 is 9.47 Å². The van der Waals surface area contributed by atoms with Crippen LogP contribution in [0.25, 0.3) is 0 Å². The van der Waals surface area contributed by atoms with Crippen molar-refractivity contribution < 1.29 is 14.3 Å². The van der Waals surface area contributed by atoms with Crippen LogP contribution in [0, 0.1) is 27.7 Å². The van der Waals surface area contributed by atoms with Crippen LogP contribution in [-0.4, -0.2) is 28.7 Å². The van der Waals surface area contributed by atoms with E-state index in [1.165, 1.54) is 25.7 Å². The lowest BCUT2D eigenvalue weighted by Gasteiger charge is -2.25. The molecule has 0 radical (unpaired) electrons. The van der Waals surface area contributed by atoms with Crippen molar-refractivity contribution in [3.8, 4) is 11.5 Å². The molecule has 0 N–H and O–H groups in total. The molecule has 196 valence electrons. The highest BCUT2D eigenvalue weighted by molar-refractivity contribution is 9.09. The summed E-state index contributed by atoms with van der Waals surface area (Å²) in [5.41, 5.74) is 6.59. The molecule has 2 unspecified atom stereocenters. The second kappa shape index (κ2) is 12.5. The Morgan fingerprint density at radius 1 is 0.694 bits per heavy atom. The van der Waals surface area contributed by atoms with Crippen LogP contribution in [0.4, 0.5) is 0 Å². The van der Waals surface area contributed by atoms with Gasteiger partial charge in [0.1, 0.15) is 17.3 Å². The van der Waals surface area contributed by atoms with Crippen molar-refractivity contribution in [1.29, 1.82) is 0 Å². The van der Waals surface area contributed by atoms with Crippen LogP contribution < -0.4 is 9.47 Å². The summed E-state index contributed by atoms with van der Waals surface area (Å²) in [6, 6.07) is 8.62. The first-order valence-electron chi connectivity index (χ1n) is 13.5. The molecule has 0 spiro atoms. The highest BCUT2D eigenvalue weighted by atomic mass is 79.9. The Labute approximate surface area is 234 Å². The highest BCUT2D eigenvalue weighted by Crippen LogP contribution is 2.37. The number of benzene rings is 2. The minimum absolute atomic E-state index is 0.222. The Morgan fingerprint density at radius 2 is 1.00 bits per heavy atom. The van der Waals surface area contributed by atoms with E-state index in [0.29, 0.717) is 22.9 Å². The van der Waals surface area contributed by atoms with E-state index in [1.54, 1.807) is 0 Å². The maximum atomic E-state index is 14.0. The Bertz CT molecular complexity index is 938. The van der Waals surface area contributed by atoms with Crippen molar-refractivity contribution in [3.05, 3.63) is 57.6 Å². The van der Waals surface area contributed by atoms with Gasteiger partial charge in [0.05, 0.1) is 24.0 Å². The summed E-state index contributed by atoms with van der Waals surface area (Å²) in [5, 5.41) is 1.19. The maximum absolute atomic E-state index is 14.0. The number of rotatable bonds is 10. The predicted octanol–water partition coefficient (Wildman–Crippen LogP) is 8.79. The van der Waals surface area contributed by atoms with Gasteiger partial charge in [0.2, 0.25) is 0 Å². The number of aryl methyl sites for hydroxylation is 4. The van der Waals surface area contributed by atoms with Gasteiger partial charge in [-0.15, -0.1) is 0 Å². The lowest BCUT2D eigenvalue weighted by atomic mass is 9.83. The molecule has 2 aromatic carbocycles. The van der Waals surface area contributed by atoms with Gasteiger partial charge in [0.25, 0.3) is 0 Å². The fourth-order valence-corrected chi connectivity index (χ4v) is 7.37. The summed E-state index contributed by atoms with van der Waals surface area (Å²) in [5.74, 6) is 1.77. The van der Waals surface area contributed by atoms with E-state index in [0.717, 1.165) is 70.6 Å². The summed E-state index contributed by atoms with van der Waals surface area (Å²) < 4.78 is 12.7. The summed E-state index contributed by atoms with van der Waals surface area (Å²) >= 11 is 7.33. The van der Waals surface area contributed by atoms with Crippen molar-refractivity contribution >= 4 is 37.6 Å². The minimum Gasteiger partial charge on any atom is -0.490 e. The van der Waals surface area contributed by atoms with E-state index in [4.69, 9.17) is 9.47 Å². The number of ether oxygens (including phenoxy) is 2. The molecule has 2 saturated carbocycles. The SMILES string of the molecule is Cc1cc(C(CBr)C(=O)C(CBr)c2cc(C)c(OC3CCCC3)c(C)c2)cc(C)c1OC1CCCC1. The number of ketones is 1. The molecule has 0 aromatic heterocycles. The van der Waals surface area contributed by atoms with E-state index in [-0.39, 0.29) is 17.6 Å². The van der Waals surface area contributed by atoms with E-state index in [1.807, 2.05) is 0 Å². The van der Waals surface area contributed by atoms with E-state index >= 15 is 0 Å². The van der Waals surface area contributed by atoms with Gasteiger partial charge >= 0.3 is 0 Å². The topological polar surface area (TPSA) is 35.5 Å². The van der Waals surface area contributed by atoms with Gasteiger partial charge in [0.15, 0.2) is 0 Å². The fraction of sp³-hybridized carbons (Fsp3) is 0.581. The first-order valence-corrected chi connectivity index (χ1v) is 15.8. The Hall–Kier alpha value is -1.33. The summed E-state index contributed by atoms with van der Waals surface area (Å²) in [4.78, 5) is 14.0. The monoisotopic (exact) mass is 618 g/mol. The Balaban J connectivity index is 1.56. The van der Waals surface area contributed by atoms with E-state index in [9.17, 15) is 4.79 Å². The molecule has 0 heterocycles. The zero-order valence-electron chi connectivity index (χ0n) is 22.2. The zero-order chi connectivity index (χ0) is 25.8. The van der Waals surface area contributed by atoms with Gasteiger partial charge in [-0.3, -0.25) is 4.79 Å². The molecule has 0 amide bonds. The predicted molar refractivity (Wildman–Crippen MR) is 156 cm³/mol. The zero-order valence-corrected chi connectivity index (χ0v) is 25.3. The molecule has 36 heavy (non-hydrogen) atoms. The normalized spacial score (nSPS) is 18.4. The molecule has 2 atom stereocenters. The van der Waals surface area contributed by atoms with Crippen LogP contribution in [0.3, 0.4) is 0 Å². The molecule has 2 aliphatic carbocycles. The second-order valence-electron chi connectivity index (χ2n) is 10.8. The fourth-order valence-electron chi connectivity index (χ4n) is 5.99. The molecule has 2 aromatic rings. The Kier molecular flexibility index (Phi) is 9.60. The lowest BCUT2D eigenvalue weighted by molar-refractivity contribution is -0.121. The van der Waals surface area contributed by atoms with Gasteiger partial charge in [-0.1, -0.05) is 56.1 Å². The third-order valence-corrected chi connectivity index (χ3v) is 9.23. The average molecular weight is 620 g/mol. The van der Waals surface area contributed by atoms with Crippen molar-refractivity contribution in [3.63, 3.8) is 0 Å². The van der Waals surface area contributed by atoms with Crippen molar-refractivity contribution in [2.24, 2.45) is 0 Å². The number of Topliss-reactive ketones (excluding diaryl/α,β-unsaturated/α-hetero) is 1. The van der Waals surface area contributed by atoms with Gasteiger partial charge in [0, 0.05) is 10.7 Å². The smallest absolute Gasteiger partial charge is 0.149 e. The molecule has 3 nitrogen and oxygen atoms in total. The van der Waals surface area contributed by atoms with E-state index in [2.05, 4.69) is 83.8 Å². The highest BCUT2D eigenvalue weighted by Gasteiger charge is 2.30. The van der Waals surface area contributed by atoms with Crippen LogP contribution >= 0.6 is 31.9 Å². The molecule has 0 aliphatic heterocycles. The quantitative estimate of drug-likeness (QED) is 0.249. The molecular formula is C31H40Br2O3. The largest absolute Gasteiger partial charge is 0.490 e. The third kappa shape index (κ3) is 6.20. The van der Waals surface area contributed by atoms with E-state index < -0.39 is 0 Å². The standard InChI is InChI=1S/C31H40Br2O3/c1-19-13-23(14-20(2)30(19)35-25-9-5-6-10-25)27(17-32)29(34)28(18-33)24-15-21(3)31(22(4)16-24)36-26-11-7-8-12-26/h13-16,25-28H,5-12,17-18H2,1-4H3. The molecule has 0 saturated heterocycles. The summed E-state index contributed by atoms with van der Waals surface area (Å²) in [6.07, 6.45) is 10.2. The van der Waals surface area contributed by atoms with Crippen molar-refractivity contribution in [2.45, 2.75) is 103 Å². The first-order chi connectivity index (χ1) is 17.3. The summed E-state index contributed by atoms with van der Waals surface area (Å²) in [6.45, 7) is 8.42.